The Morgan fingerprint density at radius 1 is 1.00 bits per heavy atom. The first-order valence-electron chi connectivity index (χ1n) is 18.6. The molecular weight excluding hydrogens is 729 g/mol. The van der Waals surface area contributed by atoms with Crippen molar-refractivity contribution in [3.05, 3.63) is 87.9 Å². The van der Waals surface area contributed by atoms with Gasteiger partial charge in [-0.25, -0.2) is 13.4 Å². The van der Waals surface area contributed by atoms with Crippen molar-refractivity contribution in [1.29, 1.82) is 0 Å². The molecule has 3 heterocycles. The predicted molar refractivity (Wildman–Crippen MR) is 202 cm³/mol. The van der Waals surface area contributed by atoms with E-state index in [2.05, 4.69) is 25.5 Å². The number of hydrogen-bond acceptors (Lipinski definition) is 10. The third-order valence-corrected chi connectivity index (χ3v) is 13.7. The molecule has 2 unspecified atom stereocenters. The maximum Gasteiger partial charge on any atom is 0.263 e. The maximum absolute atomic E-state index is 14.5. The number of carbonyl (C=O) groups is 4. The highest BCUT2D eigenvalue weighted by molar-refractivity contribution is 7.91. The molecule has 1 saturated heterocycles. The molecule has 0 bridgehead atoms. The topological polar surface area (TPSA) is 176 Å². The van der Waals surface area contributed by atoms with Crippen LogP contribution in [0.4, 0.5) is 0 Å². The monoisotopic (exact) mass is 770 g/mol. The van der Waals surface area contributed by atoms with Crippen LogP contribution in [-0.2, 0) is 29.2 Å². The first kappa shape index (κ1) is 36.1. The minimum atomic E-state index is -3.88. The van der Waals surface area contributed by atoms with Crippen molar-refractivity contribution in [2.45, 2.75) is 93.7 Å². The zero-order chi connectivity index (χ0) is 37.6. The molecule has 0 spiro atoms. The highest BCUT2D eigenvalue weighted by Gasteiger charge is 2.62. The van der Waals surface area contributed by atoms with Crippen LogP contribution in [0.1, 0.15) is 83.6 Å². The molecular formula is C39H42N6O7S2. The van der Waals surface area contributed by atoms with Gasteiger partial charge in [0, 0.05) is 23.5 Å². The number of nitrogens with zero attached hydrogens (tertiary/aromatic N) is 3. The first-order chi connectivity index (χ1) is 26.0. The van der Waals surface area contributed by atoms with Crippen molar-refractivity contribution in [2.24, 2.45) is 11.1 Å². The van der Waals surface area contributed by atoms with Gasteiger partial charge in [0.05, 0.1) is 23.0 Å². The van der Waals surface area contributed by atoms with Gasteiger partial charge in [-0.1, -0.05) is 78.7 Å². The Hall–Kier alpha value is -4.89. The van der Waals surface area contributed by atoms with Gasteiger partial charge in [0.25, 0.3) is 11.8 Å². The van der Waals surface area contributed by atoms with E-state index in [1.807, 2.05) is 60.7 Å². The SMILES string of the molecule is Cc1ncc(C(=O)N[C@H]2CCCCC/C=C\C3CC3(C(=O)NS(=O)(=O)C3CC3)NC(=O)[C@@H]3C[C@@H](ON=C4c5ccccc5-c5ccccc54)CN3C2=O)s1. The Morgan fingerprint density at radius 2 is 1.70 bits per heavy atom. The number of amides is 4. The molecule has 5 aliphatic rings. The number of sulfonamides is 1. The van der Waals surface area contributed by atoms with Crippen LogP contribution in [0.15, 0.2) is 72.0 Å². The molecule has 0 radical (unpaired) electrons. The summed E-state index contributed by atoms with van der Waals surface area (Å²) in [5.41, 5.74) is 3.02. The lowest BCUT2D eigenvalue weighted by molar-refractivity contribution is -0.141. The van der Waals surface area contributed by atoms with Crippen LogP contribution in [0.5, 0.6) is 0 Å². The van der Waals surface area contributed by atoms with Gasteiger partial charge in [0.1, 0.15) is 34.3 Å². The highest BCUT2D eigenvalue weighted by Crippen LogP contribution is 2.46. The Morgan fingerprint density at radius 3 is 2.37 bits per heavy atom. The third-order valence-electron chi connectivity index (χ3n) is 10.9. The fourth-order valence-electron chi connectivity index (χ4n) is 7.75. The molecule has 3 N–H and O–H groups in total. The summed E-state index contributed by atoms with van der Waals surface area (Å²) < 4.78 is 27.9. The van der Waals surface area contributed by atoms with Crippen LogP contribution in [0.3, 0.4) is 0 Å². The summed E-state index contributed by atoms with van der Waals surface area (Å²) in [7, 11) is -3.88. The van der Waals surface area contributed by atoms with Crippen molar-refractivity contribution in [2.75, 3.05) is 6.54 Å². The molecule has 3 fully saturated rings. The molecule has 3 aliphatic carbocycles. The van der Waals surface area contributed by atoms with E-state index in [4.69, 9.17) is 4.84 Å². The number of aryl methyl sites for hydroxylation is 1. The molecule has 2 aliphatic heterocycles. The number of nitrogens with one attached hydrogen (secondary N) is 3. The minimum absolute atomic E-state index is 0.00160. The van der Waals surface area contributed by atoms with Gasteiger partial charge >= 0.3 is 0 Å². The zero-order valence-electron chi connectivity index (χ0n) is 29.8. The van der Waals surface area contributed by atoms with Gasteiger partial charge in [0.2, 0.25) is 21.8 Å². The van der Waals surface area contributed by atoms with Crippen molar-refractivity contribution in [1.82, 2.24) is 25.2 Å². The first-order valence-corrected chi connectivity index (χ1v) is 20.9. The van der Waals surface area contributed by atoms with E-state index in [0.29, 0.717) is 47.7 Å². The van der Waals surface area contributed by atoms with E-state index in [1.54, 1.807) is 6.92 Å². The number of oxime groups is 1. The fourth-order valence-corrected chi connectivity index (χ4v) is 9.80. The quantitative estimate of drug-likeness (QED) is 0.187. The van der Waals surface area contributed by atoms with Gasteiger partial charge in [0.15, 0.2) is 0 Å². The molecule has 54 heavy (non-hydrogen) atoms. The lowest BCUT2D eigenvalue weighted by Crippen LogP contribution is -2.58. The summed E-state index contributed by atoms with van der Waals surface area (Å²) in [6.45, 7) is 1.80. The highest BCUT2D eigenvalue weighted by atomic mass is 32.2. The Balaban J connectivity index is 1.10. The largest absolute Gasteiger partial charge is 0.390 e. The van der Waals surface area contributed by atoms with Crippen molar-refractivity contribution >= 4 is 50.7 Å². The van der Waals surface area contributed by atoms with Crippen molar-refractivity contribution < 1.29 is 32.4 Å². The lowest BCUT2D eigenvalue weighted by atomic mass is 10.0. The minimum Gasteiger partial charge on any atom is -0.390 e. The summed E-state index contributed by atoms with van der Waals surface area (Å²) >= 11 is 1.23. The molecule has 2 aromatic carbocycles. The normalized spacial score (nSPS) is 27.2. The molecule has 13 nitrogen and oxygen atoms in total. The number of allylic oxidation sites excluding steroid dienone is 1. The lowest BCUT2D eigenvalue weighted by Gasteiger charge is -2.29. The Kier molecular flexibility index (Phi) is 9.63. The standard InChI is InChI=1S/C39H42N6O7S2/c1-23-40-21-33(53-23)36(47)41-31-16-6-4-2-3-5-11-24-20-39(24,38(49)44-54(50,51)26-17-18-26)42-35(46)32-19-25(22-45(32)37(31)48)52-43-34-29-14-9-7-12-27(29)28-13-8-10-15-30(28)34/h5,7-15,21,24-26,31-32H,2-4,6,16-20,22H2,1H3,(H,41,47)(H,42,46)(H,44,49)/b11-5-/t24?,25-,31+,32+,39?/m1/s1. The number of hydrogen-bond donors (Lipinski definition) is 3. The second kappa shape index (κ2) is 14.4. The van der Waals surface area contributed by atoms with Gasteiger partial charge in [-0.05, 0) is 56.6 Å². The molecule has 4 amide bonds. The van der Waals surface area contributed by atoms with Gasteiger partial charge in [-0.3, -0.25) is 23.9 Å². The number of thiazole rings is 1. The van der Waals surface area contributed by atoms with Crippen molar-refractivity contribution in [3.63, 3.8) is 0 Å². The molecule has 15 heteroatoms. The number of fused-ring (bicyclic) bond motifs is 5. The van der Waals surface area contributed by atoms with Gasteiger partial charge in [-0.2, -0.15) is 0 Å². The van der Waals surface area contributed by atoms with Crippen molar-refractivity contribution in [3.8, 4) is 11.1 Å². The predicted octanol–water partition coefficient (Wildman–Crippen LogP) is 3.97. The number of aromatic nitrogens is 1. The fraction of sp³-hybridized carbons (Fsp3) is 0.436. The summed E-state index contributed by atoms with van der Waals surface area (Å²) in [4.78, 5) is 68.2. The maximum atomic E-state index is 14.5. The van der Waals surface area contributed by atoms with E-state index < -0.39 is 68.5 Å². The summed E-state index contributed by atoms with van der Waals surface area (Å²) in [5.74, 6) is -2.67. The molecule has 2 saturated carbocycles. The third kappa shape index (κ3) is 7.06. The Bertz CT molecular complexity index is 2130. The second-order valence-corrected chi connectivity index (χ2v) is 18.0. The van der Waals surface area contributed by atoms with Gasteiger partial charge < -0.3 is 20.4 Å². The summed E-state index contributed by atoms with van der Waals surface area (Å²) in [5, 5.41) is 10.5. The summed E-state index contributed by atoms with van der Waals surface area (Å²) in [6.07, 6.45) is 9.16. The van der Waals surface area contributed by atoms with E-state index in [-0.39, 0.29) is 19.4 Å². The smallest absolute Gasteiger partial charge is 0.263 e. The van der Waals surface area contributed by atoms with Gasteiger partial charge in [-0.15, -0.1) is 11.3 Å². The number of rotatable bonds is 7. The van der Waals surface area contributed by atoms with Crippen LogP contribution < -0.4 is 15.4 Å². The van der Waals surface area contributed by atoms with E-state index >= 15 is 0 Å². The number of carbonyl (C=O) groups excluding carboxylic acids is 4. The van der Waals surface area contributed by atoms with E-state index in [1.165, 1.54) is 22.4 Å². The van der Waals surface area contributed by atoms with E-state index in [9.17, 15) is 27.6 Å². The van der Waals surface area contributed by atoms with Crippen LogP contribution >= 0.6 is 11.3 Å². The van der Waals surface area contributed by atoms with Crippen LogP contribution in [-0.4, -0.2) is 83.2 Å². The average Bonchev–Trinajstić information content (AvgIpc) is 4.01. The van der Waals surface area contributed by atoms with Crippen LogP contribution in [0, 0.1) is 12.8 Å². The molecule has 8 rings (SSSR count). The summed E-state index contributed by atoms with van der Waals surface area (Å²) in [6, 6.07) is 13.8. The molecule has 5 atom stereocenters. The molecule has 3 aromatic rings. The molecule has 282 valence electrons. The number of benzene rings is 2. The Labute approximate surface area is 317 Å². The average molecular weight is 771 g/mol. The second-order valence-electron chi connectivity index (χ2n) is 14.8. The molecule has 1 aromatic heterocycles. The van der Waals surface area contributed by atoms with Crippen LogP contribution in [0.25, 0.3) is 11.1 Å². The zero-order valence-corrected chi connectivity index (χ0v) is 31.5. The van der Waals surface area contributed by atoms with E-state index in [0.717, 1.165) is 35.1 Å². The van der Waals surface area contributed by atoms with Crippen LogP contribution in [0.2, 0.25) is 0 Å².